The van der Waals surface area contributed by atoms with Crippen molar-refractivity contribution in [1.29, 1.82) is 0 Å². The first-order chi connectivity index (χ1) is 11.7. The molecule has 1 amide bonds. The smallest absolute Gasteiger partial charge is 0.491 e. The summed E-state index contributed by atoms with van der Waals surface area (Å²) in [5, 5.41) is 2.53. The molecule has 2 aromatic rings. The van der Waals surface area contributed by atoms with Gasteiger partial charge < -0.3 is 9.47 Å². The Labute approximate surface area is 145 Å². The molecule has 2 rings (SSSR count). The Balaban J connectivity index is 2.32. The number of hydrogen-bond donors (Lipinski definition) is 1. The number of carbonyl (C=O) groups is 2. The Kier molecular flexibility index (Phi) is 5.53. The van der Waals surface area contributed by atoms with Gasteiger partial charge in [-0.25, -0.2) is 9.59 Å². The van der Waals surface area contributed by atoms with Gasteiger partial charge in [0.15, 0.2) is 0 Å². The maximum absolute atomic E-state index is 12.2. The number of methoxy groups -OCH3 is 1. The van der Waals surface area contributed by atoms with E-state index in [0.29, 0.717) is 21.9 Å². The van der Waals surface area contributed by atoms with Crippen LogP contribution in [0.15, 0.2) is 42.5 Å². The summed E-state index contributed by atoms with van der Waals surface area (Å²) >= 11 is 5.92. The van der Waals surface area contributed by atoms with Crippen molar-refractivity contribution < 1.29 is 32.2 Å². The van der Waals surface area contributed by atoms with Crippen LogP contribution < -0.4 is 10.1 Å². The molecule has 25 heavy (non-hydrogen) atoms. The van der Waals surface area contributed by atoms with E-state index in [1.807, 2.05) is 0 Å². The minimum absolute atomic E-state index is 0.0848. The highest BCUT2D eigenvalue weighted by atomic mass is 35.5. The molecule has 0 bridgehead atoms. The number of halogens is 4. The quantitative estimate of drug-likeness (QED) is 0.628. The number of alkyl halides is 3. The summed E-state index contributed by atoms with van der Waals surface area (Å²) in [6.45, 7) is 0. The zero-order valence-electron chi connectivity index (χ0n) is 12.7. The molecular weight excluding hydrogens is 363 g/mol. The van der Waals surface area contributed by atoms with Crippen molar-refractivity contribution in [2.45, 2.75) is 6.18 Å². The van der Waals surface area contributed by atoms with Gasteiger partial charge in [-0.05, 0) is 29.8 Å². The first-order valence-electron chi connectivity index (χ1n) is 6.74. The molecule has 0 atom stereocenters. The summed E-state index contributed by atoms with van der Waals surface area (Å²) in [4.78, 5) is 22.3. The van der Waals surface area contributed by atoms with Gasteiger partial charge in [0.25, 0.3) is 0 Å². The molecule has 0 radical (unpaired) electrons. The van der Waals surface area contributed by atoms with Gasteiger partial charge in [-0.1, -0.05) is 23.7 Å². The van der Waals surface area contributed by atoms with Gasteiger partial charge in [0.2, 0.25) is 0 Å². The van der Waals surface area contributed by atoms with E-state index in [9.17, 15) is 22.8 Å². The average molecular weight is 374 g/mol. The van der Waals surface area contributed by atoms with Crippen LogP contribution in [-0.2, 0) is 9.53 Å². The highest BCUT2D eigenvalue weighted by Gasteiger charge is 2.42. The largest absolute Gasteiger partial charge is 0.497 e. The molecule has 0 aliphatic rings. The number of rotatable bonds is 3. The summed E-state index contributed by atoms with van der Waals surface area (Å²) in [7, 11) is 1.38. The second kappa shape index (κ2) is 7.43. The van der Waals surface area contributed by atoms with Gasteiger partial charge in [0.05, 0.1) is 12.8 Å². The fourth-order valence-electron chi connectivity index (χ4n) is 1.94. The van der Waals surface area contributed by atoms with Crippen molar-refractivity contribution in [3.8, 4) is 16.9 Å². The molecule has 0 spiro atoms. The Morgan fingerprint density at radius 1 is 1.12 bits per heavy atom. The molecule has 132 valence electrons. The molecule has 1 N–H and O–H groups in total. The van der Waals surface area contributed by atoms with E-state index in [2.05, 4.69) is 10.1 Å². The van der Waals surface area contributed by atoms with E-state index in [1.165, 1.54) is 13.2 Å². The van der Waals surface area contributed by atoms with Crippen LogP contribution in [0.3, 0.4) is 0 Å². The summed E-state index contributed by atoms with van der Waals surface area (Å²) in [6, 6.07) is 11.1. The monoisotopic (exact) mass is 373 g/mol. The van der Waals surface area contributed by atoms with Crippen molar-refractivity contribution in [1.82, 2.24) is 0 Å². The molecule has 0 heterocycles. The van der Waals surface area contributed by atoms with Gasteiger partial charge in [-0.2, -0.15) is 13.2 Å². The first-order valence-corrected chi connectivity index (χ1v) is 7.12. The van der Waals surface area contributed by atoms with Crippen LogP contribution in [0.25, 0.3) is 11.1 Å². The highest BCUT2D eigenvalue weighted by Crippen LogP contribution is 2.33. The molecule has 2 aromatic carbocycles. The van der Waals surface area contributed by atoms with E-state index >= 15 is 0 Å². The molecular formula is C16H11ClF3NO4. The Hall–Kier alpha value is -2.74. The van der Waals surface area contributed by atoms with Gasteiger partial charge in [0, 0.05) is 16.7 Å². The van der Waals surface area contributed by atoms with Crippen molar-refractivity contribution in [2.75, 3.05) is 12.4 Å². The Morgan fingerprint density at radius 2 is 1.84 bits per heavy atom. The third kappa shape index (κ3) is 4.87. The van der Waals surface area contributed by atoms with Gasteiger partial charge >= 0.3 is 18.2 Å². The van der Waals surface area contributed by atoms with Crippen LogP contribution in [0.2, 0.25) is 5.02 Å². The van der Waals surface area contributed by atoms with Crippen molar-refractivity contribution in [2.24, 2.45) is 0 Å². The number of ether oxygens (including phenoxy) is 2. The first kappa shape index (κ1) is 18.6. The zero-order chi connectivity index (χ0) is 18.6. The summed E-state index contributed by atoms with van der Waals surface area (Å²) in [6.07, 6.45) is -6.85. The molecule has 0 saturated carbocycles. The van der Waals surface area contributed by atoms with Crippen molar-refractivity contribution in [3.63, 3.8) is 0 Å². The van der Waals surface area contributed by atoms with Crippen LogP contribution in [0, 0.1) is 0 Å². The molecule has 5 nitrogen and oxygen atoms in total. The second-order valence-electron chi connectivity index (χ2n) is 4.72. The van der Waals surface area contributed by atoms with E-state index in [0.717, 1.165) is 0 Å². The molecule has 0 aliphatic carbocycles. The lowest BCUT2D eigenvalue weighted by molar-refractivity contribution is -0.192. The normalized spacial score (nSPS) is 10.9. The number of carbonyl (C=O) groups excluding carboxylic acids is 2. The van der Waals surface area contributed by atoms with E-state index in [-0.39, 0.29) is 5.69 Å². The summed E-state index contributed by atoms with van der Waals surface area (Å²) in [5.41, 5.74) is 1.12. The third-order valence-corrected chi connectivity index (χ3v) is 3.25. The molecule has 0 aromatic heterocycles. The van der Waals surface area contributed by atoms with Gasteiger partial charge in [0.1, 0.15) is 5.75 Å². The summed E-state index contributed by atoms with van der Waals surface area (Å²) < 4.78 is 45.2. The predicted octanol–water partition coefficient (Wildman–Crippen LogP) is 4.65. The van der Waals surface area contributed by atoms with Crippen LogP contribution >= 0.6 is 11.6 Å². The minimum Gasteiger partial charge on any atom is -0.497 e. The van der Waals surface area contributed by atoms with Gasteiger partial charge in [-0.3, -0.25) is 5.32 Å². The van der Waals surface area contributed by atoms with Crippen LogP contribution in [-0.4, -0.2) is 25.3 Å². The zero-order valence-corrected chi connectivity index (χ0v) is 13.4. The molecule has 9 heteroatoms. The topological polar surface area (TPSA) is 64.6 Å². The van der Waals surface area contributed by atoms with Crippen LogP contribution in [0.4, 0.5) is 23.7 Å². The van der Waals surface area contributed by atoms with E-state index in [1.54, 1.807) is 36.4 Å². The maximum Gasteiger partial charge on any atom is 0.491 e. The second-order valence-corrected chi connectivity index (χ2v) is 5.16. The van der Waals surface area contributed by atoms with Crippen LogP contribution in [0.5, 0.6) is 5.75 Å². The average Bonchev–Trinajstić information content (AvgIpc) is 2.53. The lowest BCUT2D eigenvalue weighted by atomic mass is 10.0. The Morgan fingerprint density at radius 3 is 2.44 bits per heavy atom. The van der Waals surface area contributed by atoms with Crippen molar-refractivity contribution >= 4 is 29.4 Å². The maximum atomic E-state index is 12.2. The van der Waals surface area contributed by atoms with E-state index in [4.69, 9.17) is 16.3 Å². The molecule has 0 saturated heterocycles. The lowest BCUT2D eigenvalue weighted by Gasteiger charge is -2.13. The van der Waals surface area contributed by atoms with Gasteiger partial charge in [-0.15, -0.1) is 0 Å². The lowest BCUT2D eigenvalue weighted by Crippen LogP contribution is -2.30. The number of nitrogens with one attached hydrogen (secondary N) is 1. The fourth-order valence-corrected chi connectivity index (χ4v) is 2.13. The van der Waals surface area contributed by atoms with Crippen LogP contribution in [0.1, 0.15) is 0 Å². The Bertz CT molecular complexity index is 808. The fraction of sp³-hybridized carbons (Fsp3) is 0.125. The number of esters is 1. The number of anilines is 1. The molecule has 0 fully saturated rings. The number of hydrogen-bond acceptors (Lipinski definition) is 4. The molecule has 0 aliphatic heterocycles. The predicted molar refractivity (Wildman–Crippen MR) is 84.6 cm³/mol. The minimum atomic E-state index is -5.28. The third-order valence-electron chi connectivity index (χ3n) is 3.02. The SMILES string of the molecule is COc1ccc(-c2cccc(Cl)c2)c(NC(=O)OC(=O)C(F)(F)F)c1. The van der Waals surface area contributed by atoms with E-state index < -0.39 is 18.2 Å². The number of amides is 1. The highest BCUT2D eigenvalue weighted by molar-refractivity contribution is 6.30. The standard InChI is InChI=1S/C16H11ClF3NO4/c1-24-11-5-6-12(9-3-2-4-10(17)7-9)13(8-11)21-15(23)25-14(22)16(18,19)20/h2-8H,1H3,(H,21,23). The van der Waals surface area contributed by atoms with Crippen molar-refractivity contribution in [3.05, 3.63) is 47.5 Å². The summed E-state index contributed by atoms with van der Waals surface area (Å²) in [5.74, 6) is -2.28. The molecule has 0 unspecified atom stereocenters. The number of benzene rings is 2.